The van der Waals surface area contributed by atoms with Crippen LogP contribution in [-0.2, 0) is 0 Å². The van der Waals surface area contributed by atoms with Gasteiger partial charge in [-0.1, -0.05) is 23.9 Å². The highest BCUT2D eigenvalue weighted by atomic mass is 16.6. The van der Waals surface area contributed by atoms with Gasteiger partial charge in [0.1, 0.15) is 0 Å². The lowest BCUT2D eigenvalue weighted by molar-refractivity contribution is -0.385. The number of nitro benzene ring substituents is 1. The van der Waals surface area contributed by atoms with Gasteiger partial charge in [-0.25, -0.2) is 0 Å². The molecule has 0 heterocycles. The molecule has 5 heteroatoms. The Bertz CT molecular complexity index is 651. The lowest BCUT2D eigenvalue weighted by Crippen LogP contribution is -1.98. The molecule has 5 nitrogen and oxygen atoms in total. The highest BCUT2D eigenvalue weighted by molar-refractivity contribution is 5.86. The van der Waals surface area contributed by atoms with E-state index in [2.05, 4.69) is 4.99 Å². The first-order valence-corrected chi connectivity index (χ1v) is 5.62. The van der Waals surface area contributed by atoms with Gasteiger partial charge in [-0.3, -0.25) is 15.1 Å². The number of benzene rings is 2. The number of nitro groups is 1. The zero-order valence-corrected chi connectivity index (χ0v) is 10.2. The molecule has 0 aliphatic carbocycles. The Morgan fingerprint density at radius 3 is 2.68 bits per heavy atom. The van der Waals surface area contributed by atoms with E-state index in [9.17, 15) is 15.2 Å². The van der Waals surface area contributed by atoms with Gasteiger partial charge in [0.25, 0.3) is 5.69 Å². The van der Waals surface area contributed by atoms with Crippen molar-refractivity contribution < 1.29 is 10.0 Å². The quantitative estimate of drug-likeness (QED) is 0.480. The monoisotopic (exact) mass is 255 g/mol. The summed E-state index contributed by atoms with van der Waals surface area (Å²) < 4.78 is 0. The summed E-state index contributed by atoms with van der Waals surface area (Å²) in [6.07, 6.45) is 1.35. The number of nitrogens with zero attached hydrogens (tertiary/aromatic N) is 2. The van der Waals surface area contributed by atoms with E-state index in [1.807, 2.05) is 25.1 Å². The highest BCUT2D eigenvalue weighted by Crippen LogP contribution is 2.20. The predicted octanol–water partition coefficient (Wildman–Crippen LogP) is 2.73. The van der Waals surface area contributed by atoms with Crippen molar-refractivity contribution >= 4 is 17.6 Å². The fraction of sp³-hybridized carbons (Fsp3) is 0.0714. The summed E-state index contributed by atoms with van der Waals surface area (Å²) in [6.45, 7) is 1.94. The second-order valence-electron chi connectivity index (χ2n) is 4.08. The number of hydrogen-bond acceptors (Lipinski definition) is 4. The summed E-state index contributed by atoms with van der Waals surface area (Å²) >= 11 is 0. The van der Waals surface area contributed by atoms with Crippen LogP contribution in [0.1, 0.15) is 11.1 Å². The van der Waals surface area contributed by atoms with Crippen LogP contribution >= 0.6 is 0 Å². The Balaban J connectivity index is 2.32. The first kappa shape index (κ1) is 12.8. The van der Waals surface area contributed by atoms with E-state index in [0.29, 0.717) is 5.69 Å². The third-order valence-corrected chi connectivity index (χ3v) is 2.56. The largest absolute Gasteiger partial charge is 0.872 e. The maximum absolute atomic E-state index is 11.6. The molecule has 0 N–H and O–H groups in total. The standard InChI is InChI=1S/C14H12N2O3/c1-10-3-2-4-12(7-10)15-9-11-8-13(16(18)19)5-6-14(11)17/h2-9,17H,1H3/p-1. The first-order valence-electron chi connectivity index (χ1n) is 5.62. The highest BCUT2D eigenvalue weighted by Gasteiger charge is 2.05. The average molecular weight is 255 g/mol. The maximum Gasteiger partial charge on any atom is 0.270 e. The van der Waals surface area contributed by atoms with Crippen molar-refractivity contribution in [1.29, 1.82) is 0 Å². The molecule has 0 aromatic heterocycles. The summed E-state index contributed by atoms with van der Waals surface area (Å²) in [6, 6.07) is 11.0. The molecule has 0 atom stereocenters. The smallest absolute Gasteiger partial charge is 0.270 e. The summed E-state index contributed by atoms with van der Waals surface area (Å²) in [5.41, 5.74) is 1.84. The first-order chi connectivity index (χ1) is 9.06. The molecule has 0 radical (unpaired) electrons. The lowest BCUT2D eigenvalue weighted by atomic mass is 10.2. The van der Waals surface area contributed by atoms with Crippen LogP contribution in [0.25, 0.3) is 0 Å². The van der Waals surface area contributed by atoms with Crippen molar-refractivity contribution in [3.8, 4) is 5.75 Å². The van der Waals surface area contributed by atoms with Gasteiger partial charge in [0.2, 0.25) is 0 Å². The van der Waals surface area contributed by atoms with Gasteiger partial charge in [-0.05, 0) is 30.2 Å². The van der Waals surface area contributed by atoms with Crippen molar-refractivity contribution in [2.75, 3.05) is 0 Å². The molecule has 0 aliphatic heterocycles. The van der Waals surface area contributed by atoms with Gasteiger partial charge in [0.15, 0.2) is 0 Å². The predicted molar refractivity (Wildman–Crippen MR) is 71.0 cm³/mol. The van der Waals surface area contributed by atoms with E-state index >= 15 is 0 Å². The lowest BCUT2D eigenvalue weighted by Gasteiger charge is -2.08. The van der Waals surface area contributed by atoms with Crippen LogP contribution in [0.2, 0.25) is 0 Å². The van der Waals surface area contributed by atoms with Crippen LogP contribution in [0, 0.1) is 17.0 Å². The minimum atomic E-state index is -0.538. The molecule has 0 fully saturated rings. The van der Waals surface area contributed by atoms with Gasteiger partial charge < -0.3 is 5.11 Å². The summed E-state index contributed by atoms with van der Waals surface area (Å²) in [7, 11) is 0. The molecular weight excluding hydrogens is 244 g/mol. The molecule has 2 aromatic rings. The summed E-state index contributed by atoms with van der Waals surface area (Å²) in [4.78, 5) is 14.3. The minimum Gasteiger partial charge on any atom is -0.872 e. The fourth-order valence-electron chi connectivity index (χ4n) is 1.60. The molecule has 2 rings (SSSR count). The second kappa shape index (κ2) is 5.30. The van der Waals surface area contributed by atoms with Crippen molar-refractivity contribution in [1.82, 2.24) is 0 Å². The van der Waals surface area contributed by atoms with E-state index < -0.39 is 4.92 Å². The maximum atomic E-state index is 11.6. The Morgan fingerprint density at radius 2 is 2.00 bits per heavy atom. The average Bonchev–Trinajstić information content (AvgIpc) is 2.37. The Kier molecular flexibility index (Phi) is 3.56. The van der Waals surface area contributed by atoms with E-state index in [0.717, 1.165) is 5.56 Å². The van der Waals surface area contributed by atoms with Gasteiger partial charge in [0, 0.05) is 18.3 Å². The van der Waals surface area contributed by atoms with E-state index in [1.165, 1.54) is 24.4 Å². The van der Waals surface area contributed by atoms with Crippen LogP contribution in [0.5, 0.6) is 5.75 Å². The molecule has 0 unspecified atom stereocenters. The number of non-ortho nitro benzene ring substituents is 1. The number of rotatable bonds is 3. The SMILES string of the molecule is Cc1cccc(N=Cc2cc([N+](=O)[O-])ccc2[O-])c1. The van der Waals surface area contributed by atoms with Gasteiger partial charge in [0.05, 0.1) is 10.6 Å². The van der Waals surface area contributed by atoms with Crippen molar-refractivity contribution in [2.24, 2.45) is 4.99 Å². The number of hydrogen-bond donors (Lipinski definition) is 0. The molecule has 0 saturated carbocycles. The molecule has 19 heavy (non-hydrogen) atoms. The minimum absolute atomic E-state index is 0.120. The summed E-state index contributed by atoms with van der Waals surface area (Å²) in [5.74, 6) is -0.290. The van der Waals surface area contributed by atoms with Gasteiger partial charge in [-0.15, -0.1) is 0 Å². The second-order valence-corrected chi connectivity index (χ2v) is 4.08. The van der Waals surface area contributed by atoms with E-state index in [-0.39, 0.29) is 17.0 Å². The molecular formula is C14H11N2O3-. The molecule has 0 bridgehead atoms. The Hall–Kier alpha value is -2.69. The third-order valence-electron chi connectivity index (χ3n) is 2.56. The molecule has 0 amide bonds. The number of aryl methyl sites for hydroxylation is 1. The Morgan fingerprint density at radius 1 is 1.21 bits per heavy atom. The van der Waals surface area contributed by atoms with Crippen LogP contribution in [0.15, 0.2) is 47.5 Å². The molecule has 0 saturated heterocycles. The molecule has 2 aromatic carbocycles. The van der Waals surface area contributed by atoms with Crippen LogP contribution in [0.3, 0.4) is 0 Å². The van der Waals surface area contributed by atoms with Crippen molar-refractivity contribution in [3.05, 3.63) is 63.7 Å². The topological polar surface area (TPSA) is 78.6 Å². The van der Waals surface area contributed by atoms with Gasteiger partial charge in [-0.2, -0.15) is 0 Å². The van der Waals surface area contributed by atoms with Crippen molar-refractivity contribution in [3.63, 3.8) is 0 Å². The molecule has 0 spiro atoms. The van der Waals surface area contributed by atoms with Gasteiger partial charge >= 0.3 is 0 Å². The molecule has 0 aliphatic rings. The fourth-order valence-corrected chi connectivity index (χ4v) is 1.60. The van der Waals surface area contributed by atoms with Crippen LogP contribution in [-0.4, -0.2) is 11.1 Å². The zero-order valence-electron chi connectivity index (χ0n) is 10.2. The van der Waals surface area contributed by atoms with Crippen LogP contribution in [0.4, 0.5) is 11.4 Å². The van der Waals surface area contributed by atoms with Crippen molar-refractivity contribution in [2.45, 2.75) is 6.92 Å². The summed E-state index contributed by atoms with van der Waals surface area (Å²) in [5, 5.41) is 22.2. The normalized spacial score (nSPS) is 10.8. The number of aliphatic imine (C=N–C) groups is 1. The third kappa shape index (κ3) is 3.16. The molecule has 96 valence electrons. The van der Waals surface area contributed by atoms with Crippen LogP contribution < -0.4 is 5.11 Å². The Labute approximate surface area is 110 Å². The van der Waals surface area contributed by atoms with E-state index in [1.54, 1.807) is 6.07 Å². The zero-order chi connectivity index (χ0) is 13.8. The van der Waals surface area contributed by atoms with E-state index in [4.69, 9.17) is 0 Å².